The summed E-state index contributed by atoms with van der Waals surface area (Å²) in [6.45, 7) is 2.04. The Kier molecular flexibility index (Phi) is 5.24. The number of anilines is 1. The van der Waals surface area contributed by atoms with Crippen LogP contribution in [0.1, 0.15) is 23.7 Å². The Balaban J connectivity index is 1.98. The molecule has 24 heavy (non-hydrogen) atoms. The van der Waals surface area contributed by atoms with Gasteiger partial charge in [0.15, 0.2) is 0 Å². The molecule has 2 aromatic rings. The third kappa shape index (κ3) is 3.94. The van der Waals surface area contributed by atoms with E-state index in [1.165, 1.54) is 27.8 Å². The van der Waals surface area contributed by atoms with Crippen molar-refractivity contribution in [1.82, 2.24) is 19.6 Å². The molecule has 0 unspecified atom stereocenters. The molecule has 1 amide bonds. The number of esters is 1. The lowest BCUT2D eigenvalue weighted by atomic mass is 10.3. The van der Waals surface area contributed by atoms with Gasteiger partial charge in [0.1, 0.15) is 11.4 Å². The highest BCUT2D eigenvalue weighted by Crippen LogP contribution is 2.16. The maximum absolute atomic E-state index is 12.0. The van der Waals surface area contributed by atoms with Crippen LogP contribution in [0, 0.1) is 10.1 Å². The van der Waals surface area contributed by atoms with Gasteiger partial charge in [-0.3, -0.25) is 9.48 Å². The molecule has 2 aromatic heterocycles. The fourth-order valence-corrected chi connectivity index (χ4v) is 1.93. The molecular weight excluding hydrogens is 320 g/mol. The van der Waals surface area contributed by atoms with Gasteiger partial charge in [0.2, 0.25) is 5.91 Å². The summed E-state index contributed by atoms with van der Waals surface area (Å²) < 4.78 is 7.55. The smallest absolute Gasteiger partial charge is 0.389 e. The minimum atomic E-state index is -0.613. The Hall–Kier alpha value is -3.24. The number of carbonyl (C=O) groups excluding carboxylic acids is 2. The lowest BCUT2D eigenvalue weighted by Crippen LogP contribution is -2.19. The molecule has 11 nitrogen and oxygen atoms in total. The monoisotopic (exact) mass is 336 g/mol. The molecule has 0 atom stereocenters. The van der Waals surface area contributed by atoms with Crippen LogP contribution in [0.5, 0.6) is 0 Å². The minimum absolute atomic E-state index is 0.0201. The van der Waals surface area contributed by atoms with Crippen molar-refractivity contribution in [2.24, 2.45) is 7.05 Å². The van der Waals surface area contributed by atoms with E-state index in [4.69, 9.17) is 4.74 Å². The van der Waals surface area contributed by atoms with E-state index in [1.54, 1.807) is 14.0 Å². The highest BCUT2D eigenvalue weighted by molar-refractivity contribution is 6.00. The van der Waals surface area contributed by atoms with Crippen LogP contribution in [-0.2, 0) is 23.1 Å². The number of aromatic nitrogens is 4. The molecule has 1 N–H and O–H groups in total. The molecule has 0 bridgehead atoms. The van der Waals surface area contributed by atoms with E-state index in [0.717, 1.165) is 0 Å². The maximum Gasteiger partial charge on any atom is 0.389 e. The first-order valence-electron chi connectivity index (χ1n) is 7.09. The van der Waals surface area contributed by atoms with E-state index in [1.807, 2.05) is 0 Å². The fraction of sp³-hybridized carbons (Fsp3) is 0.385. The standard InChI is InChI=1S/C13H16N6O5/c1-3-24-13(21)9-8-14-17(2)12(9)15-11(20)5-7-18-6-4-10(16-18)19(22)23/h4,6,8H,3,5,7H2,1-2H3,(H,15,20). The molecule has 0 spiro atoms. The first kappa shape index (κ1) is 17.1. The summed E-state index contributed by atoms with van der Waals surface area (Å²) in [4.78, 5) is 33.8. The van der Waals surface area contributed by atoms with Crippen LogP contribution < -0.4 is 5.32 Å². The molecule has 0 aliphatic rings. The molecule has 2 heterocycles. The van der Waals surface area contributed by atoms with Gasteiger partial charge in [0, 0.05) is 13.5 Å². The fourth-order valence-electron chi connectivity index (χ4n) is 1.93. The molecule has 0 aliphatic carbocycles. The van der Waals surface area contributed by atoms with E-state index >= 15 is 0 Å². The Bertz CT molecular complexity index is 765. The zero-order chi connectivity index (χ0) is 17.7. The van der Waals surface area contributed by atoms with Crippen LogP contribution >= 0.6 is 0 Å². The van der Waals surface area contributed by atoms with Crippen molar-refractivity contribution in [1.29, 1.82) is 0 Å². The van der Waals surface area contributed by atoms with Gasteiger partial charge in [0.05, 0.1) is 36.7 Å². The normalized spacial score (nSPS) is 10.4. The van der Waals surface area contributed by atoms with Crippen molar-refractivity contribution in [3.05, 3.63) is 34.1 Å². The second-order valence-electron chi connectivity index (χ2n) is 4.74. The van der Waals surface area contributed by atoms with E-state index in [2.05, 4.69) is 15.5 Å². The predicted molar refractivity (Wildman–Crippen MR) is 81.3 cm³/mol. The molecule has 0 radical (unpaired) electrons. The molecule has 11 heteroatoms. The number of rotatable bonds is 7. The van der Waals surface area contributed by atoms with Crippen molar-refractivity contribution in [2.45, 2.75) is 19.9 Å². The van der Waals surface area contributed by atoms with Gasteiger partial charge in [-0.2, -0.15) is 9.78 Å². The number of aryl methyl sites for hydroxylation is 2. The molecule has 0 aliphatic heterocycles. The highest BCUT2D eigenvalue weighted by atomic mass is 16.6. The van der Waals surface area contributed by atoms with Crippen molar-refractivity contribution in [3.8, 4) is 0 Å². The molecular formula is C13H16N6O5. The Morgan fingerprint density at radius 1 is 1.46 bits per heavy atom. The average molecular weight is 336 g/mol. The van der Waals surface area contributed by atoms with Gasteiger partial charge in [-0.05, 0) is 11.8 Å². The molecule has 128 valence electrons. The first-order valence-corrected chi connectivity index (χ1v) is 7.09. The van der Waals surface area contributed by atoms with Crippen LogP contribution in [0.3, 0.4) is 0 Å². The van der Waals surface area contributed by atoms with Crippen LogP contribution in [0.15, 0.2) is 18.5 Å². The summed E-state index contributed by atoms with van der Waals surface area (Å²) in [6.07, 6.45) is 2.75. The SMILES string of the molecule is CCOC(=O)c1cnn(C)c1NC(=O)CCn1ccc([N+](=O)[O-])n1. The van der Waals surface area contributed by atoms with Gasteiger partial charge in [-0.15, -0.1) is 0 Å². The van der Waals surface area contributed by atoms with Gasteiger partial charge in [0.25, 0.3) is 0 Å². The molecule has 0 fully saturated rings. The second-order valence-corrected chi connectivity index (χ2v) is 4.74. The number of nitrogens with zero attached hydrogens (tertiary/aromatic N) is 5. The Morgan fingerprint density at radius 3 is 2.83 bits per heavy atom. The number of ether oxygens (including phenoxy) is 1. The maximum atomic E-state index is 12.0. The van der Waals surface area contributed by atoms with Crippen molar-refractivity contribution in [2.75, 3.05) is 11.9 Å². The largest absolute Gasteiger partial charge is 0.462 e. The molecule has 2 rings (SSSR count). The quantitative estimate of drug-likeness (QED) is 0.447. The third-order valence-corrected chi connectivity index (χ3v) is 3.07. The van der Waals surface area contributed by atoms with Gasteiger partial charge in [-0.1, -0.05) is 0 Å². The average Bonchev–Trinajstić information content (AvgIpc) is 3.13. The summed E-state index contributed by atoms with van der Waals surface area (Å²) >= 11 is 0. The van der Waals surface area contributed by atoms with E-state index < -0.39 is 10.9 Å². The van der Waals surface area contributed by atoms with Gasteiger partial charge >= 0.3 is 11.8 Å². The minimum Gasteiger partial charge on any atom is -0.462 e. The molecule has 0 saturated heterocycles. The first-order chi connectivity index (χ1) is 11.4. The van der Waals surface area contributed by atoms with Gasteiger partial charge < -0.3 is 20.2 Å². The highest BCUT2D eigenvalue weighted by Gasteiger charge is 2.19. The Morgan fingerprint density at radius 2 is 2.21 bits per heavy atom. The number of hydrogen-bond donors (Lipinski definition) is 1. The van der Waals surface area contributed by atoms with Crippen LogP contribution in [0.2, 0.25) is 0 Å². The number of hydrogen-bond acceptors (Lipinski definition) is 7. The lowest BCUT2D eigenvalue weighted by molar-refractivity contribution is -0.389. The van der Waals surface area contributed by atoms with Crippen molar-refractivity contribution < 1.29 is 19.2 Å². The van der Waals surface area contributed by atoms with Crippen LogP contribution in [-0.4, -0.2) is 43.0 Å². The van der Waals surface area contributed by atoms with Gasteiger partial charge in [-0.25, -0.2) is 4.79 Å². The number of nitro groups is 1. The lowest BCUT2D eigenvalue weighted by Gasteiger charge is -2.07. The summed E-state index contributed by atoms with van der Waals surface area (Å²) in [5.74, 6) is -1.03. The second kappa shape index (κ2) is 7.35. The Labute approximate surface area is 136 Å². The van der Waals surface area contributed by atoms with E-state index in [0.29, 0.717) is 0 Å². The molecule has 0 saturated carbocycles. The molecule has 0 aromatic carbocycles. The van der Waals surface area contributed by atoms with Crippen molar-refractivity contribution in [3.63, 3.8) is 0 Å². The predicted octanol–water partition coefficient (Wildman–Crippen LogP) is 0.730. The number of amides is 1. The van der Waals surface area contributed by atoms with Crippen LogP contribution in [0.4, 0.5) is 11.6 Å². The topological polar surface area (TPSA) is 134 Å². The number of carbonyl (C=O) groups is 2. The number of nitrogens with one attached hydrogen (secondary N) is 1. The summed E-state index contributed by atoms with van der Waals surface area (Å²) in [5, 5.41) is 20.8. The van der Waals surface area contributed by atoms with E-state index in [9.17, 15) is 19.7 Å². The third-order valence-electron chi connectivity index (χ3n) is 3.07. The van der Waals surface area contributed by atoms with Crippen LogP contribution in [0.25, 0.3) is 0 Å². The van der Waals surface area contributed by atoms with E-state index in [-0.39, 0.29) is 42.7 Å². The summed E-state index contributed by atoms with van der Waals surface area (Å²) in [6, 6.07) is 1.25. The van der Waals surface area contributed by atoms with Crippen molar-refractivity contribution >= 4 is 23.5 Å². The summed E-state index contributed by atoms with van der Waals surface area (Å²) in [7, 11) is 1.58. The zero-order valence-corrected chi connectivity index (χ0v) is 13.1. The summed E-state index contributed by atoms with van der Waals surface area (Å²) in [5.41, 5.74) is 0.155. The zero-order valence-electron chi connectivity index (χ0n) is 13.1.